The first-order valence-corrected chi connectivity index (χ1v) is 10.5. The summed E-state index contributed by atoms with van der Waals surface area (Å²) >= 11 is 0. The maximum Gasteiger partial charge on any atom is 0.332 e. The quantitative estimate of drug-likeness (QED) is 0.185. The summed E-state index contributed by atoms with van der Waals surface area (Å²) in [6.45, 7) is 0. The minimum atomic E-state index is -4.85. The molecule has 1 N–H and O–H groups in total. The second-order valence-corrected chi connectivity index (χ2v) is 7.90. The van der Waals surface area contributed by atoms with Gasteiger partial charge in [-0.15, -0.1) is 3.89 Å². The second kappa shape index (κ2) is 9.40. The van der Waals surface area contributed by atoms with E-state index < -0.39 is 25.9 Å². The van der Waals surface area contributed by atoms with E-state index in [4.69, 9.17) is 4.74 Å². The third kappa shape index (κ3) is 5.55. The number of nitrogens with zero attached hydrogens (tertiary/aromatic N) is 1. The van der Waals surface area contributed by atoms with E-state index in [0.29, 0.717) is 16.9 Å². The number of nitro groups is 1. The van der Waals surface area contributed by atoms with Crippen LogP contribution in [0.1, 0.15) is 11.1 Å². The van der Waals surface area contributed by atoms with Gasteiger partial charge in [0.25, 0.3) is 11.6 Å². The van der Waals surface area contributed by atoms with E-state index >= 15 is 0 Å². The first-order chi connectivity index (χ1) is 15.2. The zero-order valence-corrected chi connectivity index (χ0v) is 17.5. The molecule has 0 saturated carbocycles. The summed E-state index contributed by atoms with van der Waals surface area (Å²) in [6.07, 6.45) is 1.55. The van der Waals surface area contributed by atoms with Crippen molar-refractivity contribution in [2.45, 2.75) is 4.90 Å². The number of carbonyl (C=O) groups is 1. The molecule has 0 aliphatic rings. The molecule has 0 heterocycles. The molecule has 0 aliphatic heterocycles. The van der Waals surface area contributed by atoms with Crippen molar-refractivity contribution in [1.29, 1.82) is 0 Å². The highest BCUT2D eigenvalue weighted by Gasteiger charge is 2.16. The summed E-state index contributed by atoms with van der Waals surface area (Å²) in [5.41, 5.74) is 1.45. The first-order valence-electron chi connectivity index (χ1n) is 9.14. The predicted octanol–water partition coefficient (Wildman–Crippen LogP) is 4.44. The molecular weight excluding hydrogens is 439 g/mol. The van der Waals surface area contributed by atoms with Crippen LogP contribution in [0.5, 0.6) is 5.75 Å². The molecule has 0 saturated heterocycles. The van der Waals surface area contributed by atoms with Gasteiger partial charge in [-0.1, -0.05) is 12.1 Å². The molecule has 164 valence electrons. The number of non-ortho nitro benzene ring substituents is 1. The van der Waals surface area contributed by atoms with Crippen LogP contribution in [0, 0.1) is 10.1 Å². The SMILES string of the molecule is COc1cccc(/C(=C/c2ccc([N+](=O)[O-])cc2)C(=O)Nc2ccc(S(=O)(=O)F)cc2)c1. The van der Waals surface area contributed by atoms with Crippen LogP contribution in [0.3, 0.4) is 0 Å². The van der Waals surface area contributed by atoms with Crippen molar-refractivity contribution in [2.24, 2.45) is 0 Å². The maximum absolute atomic E-state index is 13.1. The van der Waals surface area contributed by atoms with Crippen LogP contribution in [0.4, 0.5) is 15.3 Å². The number of hydrogen-bond donors (Lipinski definition) is 1. The van der Waals surface area contributed by atoms with E-state index in [1.807, 2.05) is 0 Å². The Balaban J connectivity index is 1.97. The summed E-state index contributed by atoms with van der Waals surface area (Å²) < 4.78 is 40.2. The normalized spacial score (nSPS) is 11.6. The zero-order valence-electron chi connectivity index (χ0n) is 16.7. The lowest BCUT2D eigenvalue weighted by molar-refractivity contribution is -0.384. The fourth-order valence-corrected chi connectivity index (χ4v) is 3.29. The molecule has 3 aromatic carbocycles. The molecule has 8 nitrogen and oxygen atoms in total. The molecule has 0 atom stereocenters. The molecule has 10 heteroatoms. The van der Waals surface area contributed by atoms with E-state index in [2.05, 4.69) is 5.32 Å². The van der Waals surface area contributed by atoms with Crippen LogP contribution in [0.2, 0.25) is 0 Å². The van der Waals surface area contributed by atoms with Crippen molar-refractivity contribution >= 4 is 39.2 Å². The molecule has 0 fully saturated rings. The number of rotatable bonds is 7. The summed E-state index contributed by atoms with van der Waals surface area (Å²) in [4.78, 5) is 22.9. The zero-order chi connectivity index (χ0) is 23.3. The molecule has 0 aliphatic carbocycles. The van der Waals surface area contributed by atoms with Crippen molar-refractivity contribution in [3.05, 3.63) is 94.0 Å². The van der Waals surface area contributed by atoms with Gasteiger partial charge in [-0.2, -0.15) is 8.42 Å². The van der Waals surface area contributed by atoms with E-state index in [1.54, 1.807) is 30.3 Å². The first kappa shape index (κ1) is 22.6. The van der Waals surface area contributed by atoms with Crippen LogP contribution in [0.25, 0.3) is 11.6 Å². The van der Waals surface area contributed by atoms with Crippen LogP contribution >= 0.6 is 0 Å². The third-order valence-electron chi connectivity index (χ3n) is 4.43. The molecule has 0 unspecified atom stereocenters. The average molecular weight is 456 g/mol. The Morgan fingerprint density at radius 1 is 1.06 bits per heavy atom. The Hall–Kier alpha value is -4.05. The van der Waals surface area contributed by atoms with Crippen molar-refractivity contribution in [1.82, 2.24) is 0 Å². The number of nitrogens with one attached hydrogen (secondary N) is 1. The lowest BCUT2D eigenvalue weighted by atomic mass is 10.0. The highest BCUT2D eigenvalue weighted by Crippen LogP contribution is 2.25. The second-order valence-electron chi connectivity index (χ2n) is 6.55. The third-order valence-corrected chi connectivity index (χ3v) is 5.27. The minimum Gasteiger partial charge on any atom is -0.497 e. The monoisotopic (exact) mass is 456 g/mol. The number of anilines is 1. The molecule has 1 amide bonds. The Kier molecular flexibility index (Phi) is 6.64. The van der Waals surface area contributed by atoms with Gasteiger partial charge in [0.1, 0.15) is 5.75 Å². The van der Waals surface area contributed by atoms with Gasteiger partial charge in [-0.25, -0.2) is 0 Å². The van der Waals surface area contributed by atoms with Gasteiger partial charge in [0.2, 0.25) is 0 Å². The lowest BCUT2D eigenvalue weighted by Crippen LogP contribution is -2.13. The molecule has 3 rings (SSSR count). The number of benzene rings is 3. The number of carbonyl (C=O) groups excluding carboxylic acids is 1. The van der Waals surface area contributed by atoms with Crippen molar-refractivity contribution in [3.8, 4) is 5.75 Å². The highest BCUT2D eigenvalue weighted by atomic mass is 32.3. The average Bonchev–Trinajstić information content (AvgIpc) is 2.77. The number of methoxy groups -OCH3 is 1. The number of nitro benzene ring substituents is 1. The topological polar surface area (TPSA) is 116 Å². The van der Waals surface area contributed by atoms with Crippen molar-refractivity contribution in [2.75, 3.05) is 12.4 Å². The van der Waals surface area contributed by atoms with Gasteiger partial charge < -0.3 is 10.1 Å². The standard InChI is InChI=1S/C22H17FN2O6S/c1-31-19-4-2-3-16(14-19)21(13-15-5-9-18(10-6-15)25(27)28)22(26)24-17-7-11-20(12-8-17)32(23,29)30/h2-14H,1H3,(H,24,26)/b21-13-. The largest absolute Gasteiger partial charge is 0.497 e. The number of ether oxygens (including phenoxy) is 1. The lowest BCUT2D eigenvalue weighted by Gasteiger charge is -2.11. The molecule has 3 aromatic rings. The highest BCUT2D eigenvalue weighted by molar-refractivity contribution is 7.86. The molecular formula is C22H17FN2O6S. The van der Waals surface area contributed by atoms with Crippen LogP contribution in [0.15, 0.2) is 77.7 Å². The van der Waals surface area contributed by atoms with Gasteiger partial charge in [-0.05, 0) is 65.7 Å². The predicted molar refractivity (Wildman–Crippen MR) is 117 cm³/mol. The van der Waals surface area contributed by atoms with Gasteiger partial charge in [-0.3, -0.25) is 14.9 Å². The van der Waals surface area contributed by atoms with E-state index in [1.165, 1.54) is 43.5 Å². The molecule has 0 aromatic heterocycles. The summed E-state index contributed by atoms with van der Waals surface area (Å²) in [7, 11) is -3.37. The number of halogens is 1. The Morgan fingerprint density at radius 2 is 1.72 bits per heavy atom. The van der Waals surface area contributed by atoms with E-state index in [9.17, 15) is 27.2 Å². The Morgan fingerprint density at radius 3 is 2.28 bits per heavy atom. The van der Waals surface area contributed by atoms with E-state index in [-0.39, 0.29) is 16.9 Å². The smallest absolute Gasteiger partial charge is 0.332 e. The van der Waals surface area contributed by atoms with Gasteiger partial charge >= 0.3 is 10.2 Å². The summed E-state index contributed by atoms with van der Waals surface area (Å²) in [6, 6.07) is 17.0. The maximum atomic E-state index is 13.1. The fourth-order valence-electron chi connectivity index (χ4n) is 2.83. The Bertz CT molecular complexity index is 1290. The summed E-state index contributed by atoms with van der Waals surface area (Å²) in [5.74, 6) is -0.0186. The van der Waals surface area contributed by atoms with Gasteiger partial charge in [0.05, 0.1) is 16.9 Å². The molecule has 0 bridgehead atoms. The van der Waals surface area contributed by atoms with Crippen molar-refractivity contribution < 1.29 is 26.8 Å². The molecule has 0 radical (unpaired) electrons. The van der Waals surface area contributed by atoms with Crippen LogP contribution in [-0.4, -0.2) is 26.4 Å². The number of amides is 1. The Labute approximate surface area is 183 Å². The molecule has 0 spiro atoms. The van der Waals surface area contributed by atoms with Crippen LogP contribution < -0.4 is 10.1 Å². The molecule has 32 heavy (non-hydrogen) atoms. The van der Waals surface area contributed by atoms with Gasteiger partial charge in [0, 0.05) is 23.4 Å². The van der Waals surface area contributed by atoms with E-state index in [0.717, 1.165) is 12.1 Å². The van der Waals surface area contributed by atoms with Crippen molar-refractivity contribution in [3.63, 3.8) is 0 Å². The summed E-state index contributed by atoms with van der Waals surface area (Å²) in [5, 5.41) is 13.5. The minimum absolute atomic E-state index is 0.0857. The fraction of sp³-hybridized carbons (Fsp3) is 0.0455. The van der Waals surface area contributed by atoms with Crippen LogP contribution in [-0.2, 0) is 15.0 Å². The number of hydrogen-bond acceptors (Lipinski definition) is 6. The van der Waals surface area contributed by atoms with Gasteiger partial charge in [0.15, 0.2) is 0 Å².